The maximum absolute atomic E-state index is 2.41. The van der Waals surface area contributed by atoms with E-state index in [1.807, 2.05) is 0 Å². The van der Waals surface area contributed by atoms with Crippen LogP contribution in [0.25, 0.3) is 0 Å². The summed E-state index contributed by atoms with van der Waals surface area (Å²) < 4.78 is 0. The van der Waals surface area contributed by atoms with Crippen LogP contribution in [0.1, 0.15) is 0 Å². The molecule has 0 aliphatic carbocycles. The van der Waals surface area contributed by atoms with E-state index in [0.29, 0.717) is 0 Å². The molecule has 21 heavy (non-hydrogen) atoms. The zero-order valence-electron chi connectivity index (χ0n) is 14.2. The van der Waals surface area contributed by atoms with Gasteiger partial charge >= 0.3 is 0 Å². The number of hydrogen-bond acceptors (Lipinski definition) is 0. The van der Waals surface area contributed by atoms with E-state index >= 15 is 0 Å². The molecule has 0 fully saturated rings. The fourth-order valence-electron chi connectivity index (χ4n) is 2.35. The second-order valence-electron chi connectivity index (χ2n) is 7.89. The zero-order chi connectivity index (χ0) is 15.7. The molecule has 0 amide bonds. The molecule has 0 heterocycles. The van der Waals surface area contributed by atoms with Crippen LogP contribution >= 0.6 is 0 Å². The van der Waals surface area contributed by atoms with Gasteiger partial charge in [-0.05, 0) is 0 Å². The van der Waals surface area contributed by atoms with Crippen LogP contribution < -0.4 is 20.7 Å². The topological polar surface area (TPSA) is 0 Å². The SMILES string of the molecule is C[Si](C)(C)c1ccc([SiH]c2ccc([Si](C)(C)C)cc2)cc1. The Morgan fingerprint density at radius 3 is 1.05 bits per heavy atom. The number of benzene rings is 2. The van der Waals surface area contributed by atoms with Gasteiger partial charge in [0.25, 0.3) is 0 Å². The Balaban J connectivity index is 2.12. The summed E-state index contributed by atoms with van der Waals surface area (Å²) in [7, 11) is -2.10. The van der Waals surface area contributed by atoms with E-state index in [1.165, 1.54) is 10.4 Å². The van der Waals surface area contributed by atoms with Crippen molar-refractivity contribution in [2.45, 2.75) is 39.3 Å². The number of rotatable bonds is 4. The third-order valence-corrected chi connectivity index (χ3v) is 9.45. The van der Waals surface area contributed by atoms with Gasteiger partial charge in [0.2, 0.25) is 0 Å². The quantitative estimate of drug-likeness (QED) is 0.755. The van der Waals surface area contributed by atoms with Gasteiger partial charge in [-0.3, -0.25) is 0 Å². The van der Waals surface area contributed by atoms with E-state index in [-0.39, 0.29) is 9.52 Å². The average molecular weight is 328 g/mol. The Kier molecular flexibility index (Phi) is 4.76. The summed E-state index contributed by atoms with van der Waals surface area (Å²) in [6.45, 7) is 14.4. The van der Waals surface area contributed by atoms with Crippen molar-refractivity contribution in [2.24, 2.45) is 0 Å². The van der Waals surface area contributed by atoms with Crippen molar-refractivity contribution in [1.29, 1.82) is 0 Å². The maximum atomic E-state index is 2.41. The summed E-state index contributed by atoms with van der Waals surface area (Å²) in [5.74, 6) is 0. The van der Waals surface area contributed by atoms with E-state index in [0.717, 1.165) is 0 Å². The molecule has 0 aliphatic rings. The standard InChI is InChI=1S/C18H27Si3/c1-20(2,3)17-11-7-15(8-12-17)19-16-9-13-18(14-10-16)21(4,5)6/h7-14,19H,1-6H3. The molecule has 2 aromatic carbocycles. The first kappa shape index (κ1) is 16.5. The molecule has 111 valence electrons. The van der Waals surface area contributed by atoms with Crippen LogP contribution in [-0.4, -0.2) is 25.7 Å². The smallest absolute Gasteiger partial charge is 0.0656 e. The lowest BCUT2D eigenvalue weighted by molar-refractivity contribution is 1.69. The molecular weight excluding hydrogens is 300 g/mol. The molecule has 2 rings (SSSR count). The minimum absolute atomic E-state index is 0.222. The van der Waals surface area contributed by atoms with Crippen LogP contribution in [0.15, 0.2) is 48.5 Å². The van der Waals surface area contributed by atoms with Crippen molar-refractivity contribution >= 4 is 46.4 Å². The van der Waals surface area contributed by atoms with Crippen molar-refractivity contribution in [3.63, 3.8) is 0 Å². The molecule has 0 saturated heterocycles. The largest absolute Gasteiger partial charge is 0.103 e. The van der Waals surface area contributed by atoms with Gasteiger partial charge in [-0.15, -0.1) is 0 Å². The minimum Gasteiger partial charge on any atom is -0.0656 e. The fourth-order valence-corrected chi connectivity index (χ4v) is 5.84. The molecule has 0 aromatic heterocycles. The van der Waals surface area contributed by atoms with Gasteiger partial charge in [0, 0.05) is 0 Å². The average Bonchev–Trinajstić information content (AvgIpc) is 2.38. The predicted molar refractivity (Wildman–Crippen MR) is 105 cm³/mol. The summed E-state index contributed by atoms with van der Waals surface area (Å²) >= 11 is 0. The molecule has 3 heteroatoms. The highest BCUT2D eigenvalue weighted by Gasteiger charge is 2.16. The normalized spacial score (nSPS) is 12.5. The molecule has 0 nitrogen and oxygen atoms in total. The second kappa shape index (κ2) is 6.07. The zero-order valence-corrected chi connectivity index (χ0v) is 17.4. The van der Waals surface area contributed by atoms with Crippen molar-refractivity contribution in [3.8, 4) is 0 Å². The summed E-state index contributed by atoms with van der Waals surface area (Å²) in [6, 6.07) is 18.8. The molecule has 0 spiro atoms. The van der Waals surface area contributed by atoms with Crippen molar-refractivity contribution < 1.29 is 0 Å². The first-order chi connectivity index (χ1) is 9.66. The summed E-state index contributed by atoms with van der Waals surface area (Å²) in [5, 5.41) is 6.11. The summed E-state index contributed by atoms with van der Waals surface area (Å²) in [6.07, 6.45) is 0. The lowest BCUT2D eigenvalue weighted by Gasteiger charge is -2.17. The molecule has 2 aromatic rings. The van der Waals surface area contributed by atoms with Crippen molar-refractivity contribution in [1.82, 2.24) is 0 Å². The minimum atomic E-state index is -1.16. The first-order valence-corrected chi connectivity index (χ1v) is 15.9. The monoisotopic (exact) mass is 327 g/mol. The molecule has 0 aliphatic heterocycles. The Labute approximate surface area is 134 Å². The Bertz CT molecular complexity index is 529. The second-order valence-corrected chi connectivity index (χ2v) is 19.7. The highest BCUT2D eigenvalue weighted by atomic mass is 28.3. The summed E-state index contributed by atoms with van der Waals surface area (Å²) in [5.41, 5.74) is 0. The van der Waals surface area contributed by atoms with Crippen LogP contribution in [0.3, 0.4) is 0 Å². The highest BCUT2D eigenvalue weighted by molar-refractivity contribution is 6.89. The lowest BCUT2D eigenvalue weighted by atomic mass is 10.3. The molecule has 0 bridgehead atoms. The maximum Gasteiger partial charge on any atom is 0.103 e. The van der Waals surface area contributed by atoms with E-state index < -0.39 is 16.1 Å². The fraction of sp³-hybridized carbons (Fsp3) is 0.333. The molecule has 0 atom stereocenters. The Morgan fingerprint density at radius 2 is 0.810 bits per heavy atom. The molecule has 0 unspecified atom stereocenters. The Hall–Kier alpha value is -0.909. The third kappa shape index (κ3) is 4.53. The van der Waals surface area contributed by atoms with Crippen molar-refractivity contribution in [3.05, 3.63) is 48.5 Å². The van der Waals surface area contributed by atoms with Gasteiger partial charge in [-0.1, -0.05) is 109 Å². The Morgan fingerprint density at radius 1 is 0.524 bits per heavy atom. The first-order valence-electron chi connectivity index (χ1n) is 7.72. The summed E-state index contributed by atoms with van der Waals surface area (Å²) in [4.78, 5) is 0. The third-order valence-electron chi connectivity index (χ3n) is 3.89. The van der Waals surface area contributed by atoms with Gasteiger partial charge in [-0.2, -0.15) is 0 Å². The van der Waals surface area contributed by atoms with Crippen LogP contribution in [-0.2, 0) is 0 Å². The van der Waals surface area contributed by atoms with Gasteiger partial charge in [0.15, 0.2) is 0 Å². The van der Waals surface area contributed by atoms with Crippen LogP contribution in [0.5, 0.6) is 0 Å². The molecule has 0 saturated carbocycles. The highest BCUT2D eigenvalue weighted by Crippen LogP contribution is 2.01. The lowest BCUT2D eigenvalue weighted by Crippen LogP contribution is -2.40. The van der Waals surface area contributed by atoms with E-state index in [4.69, 9.17) is 0 Å². The van der Waals surface area contributed by atoms with Gasteiger partial charge in [0.1, 0.15) is 9.52 Å². The van der Waals surface area contributed by atoms with Gasteiger partial charge < -0.3 is 0 Å². The van der Waals surface area contributed by atoms with E-state index in [2.05, 4.69) is 87.8 Å². The molecule has 1 radical (unpaired) electrons. The van der Waals surface area contributed by atoms with E-state index in [1.54, 1.807) is 10.4 Å². The molecule has 0 N–H and O–H groups in total. The molecular formula is C18H27Si3. The van der Waals surface area contributed by atoms with Gasteiger partial charge in [0.05, 0.1) is 16.1 Å². The van der Waals surface area contributed by atoms with Crippen LogP contribution in [0, 0.1) is 0 Å². The van der Waals surface area contributed by atoms with Gasteiger partial charge in [-0.25, -0.2) is 0 Å². The number of hydrogen-bond donors (Lipinski definition) is 0. The van der Waals surface area contributed by atoms with E-state index in [9.17, 15) is 0 Å². The van der Waals surface area contributed by atoms with Crippen molar-refractivity contribution in [2.75, 3.05) is 0 Å². The van der Waals surface area contributed by atoms with Crippen LogP contribution in [0.2, 0.25) is 39.3 Å². The predicted octanol–water partition coefficient (Wildman–Crippen LogP) is 2.16. The van der Waals surface area contributed by atoms with Crippen LogP contribution in [0.4, 0.5) is 0 Å².